The molecule has 0 aromatic heterocycles. The summed E-state index contributed by atoms with van der Waals surface area (Å²) >= 11 is 0. The fourth-order valence-corrected chi connectivity index (χ4v) is 5.76. The summed E-state index contributed by atoms with van der Waals surface area (Å²) in [7, 11) is 0. The first-order chi connectivity index (χ1) is 12.8. The highest BCUT2D eigenvalue weighted by Gasteiger charge is 2.55. The molecule has 0 N–H and O–H groups in total. The van der Waals surface area contributed by atoms with Crippen LogP contribution in [0.1, 0.15) is 48.8 Å². The highest BCUT2D eigenvalue weighted by Crippen LogP contribution is 2.56. The fraction of sp³-hybridized carbons (Fsp3) is 0.571. The number of fused-ring (bicyclic) bond motifs is 1. The normalized spacial score (nSPS) is 29.5. The first kappa shape index (κ1) is 18.4. The van der Waals surface area contributed by atoms with Crippen LogP contribution in [0.2, 0.25) is 0 Å². The molecule has 0 radical (unpaired) electrons. The van der Waals surface area contributed by atoms with Gasteiger partial charge in [0.25, 0.3) is 0 Å². The largest absolute Gasteiger partial charge is 0.419 e. The average molecular weight is 379 g/mol. The maximum Gasteiger partial charge on any atom is 0.414 e. The minimum Gasteiger partial charge on any atom is -0.419 e. The second kappa shape index (κ2) is 6.57. The Hall–Kier alpha value is -1.98. The van der Waals surface area contributed by atoms with Crippen LogP contribution in [0.5, 0.6) is 0 Å². The Morgan fingerprint density at radius 2 is 2.15 bits per heavy atom. The molecule has 27 heavy (non-hydrogen) atoms. The van der Waals surface area contributed by atoms with Gasteiger partial charge >= 0.3 is 12.3 Å². The second-order valence-electron chi connectivity index (χ2n) is 8.06. The van der Waals surface area contributed by atoms with Crippen LogP contribution >= 0.6 is 0 Å². The van der Waals surface area contributed by atoms with Gasteiger partial charge in [-0.25, -0.2) is 4.79 Å². The lowest BCUT2D eigenvalue weighted by molar-refractivity contribution is -0.127. The lowest BCUT2D eigenvalue weighted by Gasteiger charge is -2.58. The number of rotatable bonds is 2. The zero-order valence-electron chi connectivity index (χ0n) is 15.2. The summed E-state index contributed by atoms with van der Waals surface area (Å²) < 4.78 is 43.7. The summed E-state index contributed by atoms with van der Waals surface area (Å²) in [5.41, 5.74) is 2.41. The number of piperidine rings is 1. The third-order valence-corrected chi connectivity index (χ3v) is 6.72. The molecule has 4 rings (SSSR count). The van der Waals surface area contributed by atoms with E-state index in [0.29, 0.717) is 18.5 Å². The summed E-state index contributed by atoms with van der Waals surface area (Å²) in [6.07, 6.45) is 1.34. The van der Waals surface area contributed by atoms with Crippen molar-refractivity contribution in [3.63, 3.8) is 0 Å². The van der Waals surface area contributed by atoms with Crippen LogP contribution in [0.15, 0.2) is 31.0 Å². The van der Waals surface area contributed by atoms with Crippen LogP contribution in [0, 0.1) is 5.92 Å². The first-order valence-corrected chi connectivity index (χ1v) is 9.61. The predicted molar refractivity (Wildman–Crippen MR) is 95.3 cm³/mol. The van der Waals surface area contributed by atoms with Crippen LogP contribution in [-0.4, -0.2) is 29.8 Å². The van der Waals surface area contributed by atoms with E-state index in [0.717, 1.165) is 49.5 Å². The number of nitrogens with zero attached hydrogens (tertiary/aromatic N) is 1. The number of ether oxygens (including phenoxy) is 1. The Labute approximate surface area is 157 Å². The van der Waals surface area contributed by atoms with E-state index in [9.17, 15) is 18.0 Å². The SMILES string of the molecule is C=COC(=O)N1CC[C@]23CCCC[C@H]2[C@H]1Cc1ccc(CC(F)(F)F)cc13. The minimum absolute atomic E-state index is 0.0486. The van der Waals surface area contributed by atoms with Gasteiger partial charge in [-0.1, -0.05) is 37.6 Å². The van der Waals surface area contributed by atoms with E-state index in [2.05, 4.69) is 6.58 Å². The van der Waals surface area contributed by atoms with Crippen molar-refractivity contribution in [3.8, 4) is 0 Å². The van der Waals surface area contributed by atoms with Gasteiger partial charge in [-0.15, -0.1) is 0 Å². The molecule has 0 spiro atoms. The number of likely N-dealkylation sites (tertiary alicyclic amines) is 1. The highest BCUT2D eigenvalue weighted by molar-refractivity contribution is 5.69. The van der Waals surface area contributed by atoms with E-state index in [1.54, 1.807) is 12.1 Å². The molecule has 1 amide bonds. The molecule has 1 heterocycles. The maximum absolute atomic E-state index is 12.9. The first-order valence-electron chi connectivity index (χ1n) is 9.61. The Morgan fingerprint density at radius 3 is 2.89 bits per heavy atom. The molecule has 3 aliphatic rings. The zero-order chi connectivity index (χ0) is 19.2. The molecule has 1 saturated carbocycles. The molecule has 6 heteroatoms. The molecular weight excluding hydrogens is 355 g/mol. The van der Waals surface area contributed by atoms with Gasteiger partial charge in [-0.3, -0.25) is 0 Å². The molecule has 1 saturated heterocycles. The average Bonchev–Trinajstić information content (AvgIpc) is 2.61. The molecule has 1 aliphatic heterocycles. The molecule has 1 aromatic carbocycles. The van der Waals surface area contributed by atoms with Crippen LogP contribution in [0.4, 0.5) is 18.0 Å². The Kier molecular flexibility index (Phi) is 4.47. The second-order valence-corrected chi connectivity index (χ2v) is 8.06. The smallest absolute Gasteiger partial charge is 0.414 e. The van der Waals surface area contributed by atoms with Crippen LogP contribution in [-0.2, 0) is 23.0 Å². The Balaban J connectivity index is 1.74. The number of amides is 1. The van der Waals surface area contributed by atoms with E-state index < -0.39 is 12.6 Å². The molecular formula is C21H24F3NO2. The van der Waals surface area contributed by atoms with Gasteiger partial charge in [0.15, 0.2) is 0 Å². The third kappa shape index (κ3) is 3.13. The monoisotopic (exact) mass is 379 g/mol. The van der Waals surface area contributed by atoms with Gasteiger partial charge in [0.2, 0.25) is 0 Å². The van der Waals surface area contributed by atoms with E-state index in [1.807, 2.05) is 11.0 Å². The number of hydrogen-bond acceptors (Lipinski definition) is 2. The molecule has 3 nitrogen and oxygen atoms in total. The van der Waals surface area contributed by atoms with Gasteiger partial charge in [0.1, 0.15) is 0 Å². The van der Waals surface area contributed by atoms with Crippen molar-refractivity contribution in [1.29, 1.82) is 0 Å². The van der Waals surface area contributed by atoms with Crippen molar-refractivity contribution in [2.75, 3.05) is 6.54 Å². The van der Waals surface area contributed by atoms with Gasteiger partial charge in [-0.2, -0.15) is 13.2 Å². The van der Waals surface area contributed by atoms with Crippen molar-refractivity contribution in [1.82, 2.24) is 4.90 Å². The molecule has 2 fully saturated rings. The van der Waals surface area contributed by atoms with Crippen LogP contribution in [0.3, 0.4) is 0 Å². The standard InChI is InChI=1S/C21H24F3NO2/c1-2-27-19(26)25-10-9-20-8-4-3-5-16(20)18(25)12-15-7-6-14(11-17(15)20)13-21(22,23)24/h2,6-7,11,16,18H,1,3-5,8-10,12-13H2/t16-,18+,20+/m0/s1. The Morgan fingerprint density at radius 1 is 1.33 bits per heavy atom. The predicted octanol–water partition coefficient (Wildman–Crippen LogP) is 5.13. The molecule has 3 atom stereocenters. The summed E-state index contributed by atoms with van der Waals surface area (Å²) in [6, 6.07) is 5.29. The number of carbonyl (C=O) groups is 1. The molecule has 0 unspecified atom stereocenters. The number of carbonyl (C=O) groups excluding carboxylic acids is 1. The van der Waals surface area contributed by atoms with Crippen molar-refractivity contribution < 1.29 is 22.7 Å². The molecule has 2 bridgehead atoms. The summed E-state index contributed by atoms with van der Waals surface area (Å²) in [6.45, 7) is 4.05. The van der Waals surface area contributed by atoms with E-state index in [-0.39, 0.29) is 23.5 Å². The summed E-state index contributed by atoms with van der Waals surface area (Å²) in [5.74, 6) is 0.283. The lowest BCUT2D eigenvalue weighted by Crippen LogP contribution is -2.62. The highest BCUT2D eigenvalue weighted by atomic mass is 19.4. The lowest BCUT2D eigenvalue weighted by atomic mass is 9.52. The number of halogens is 3. The van der Waals surface area contributed by atoms with Gasteiger partial charge < -0.3 is 9.64 Å². The van der Waals surface area contributed by atoms with Crippen molar-refractivity contribution >= 4 is 6.09 Å². The van der Waals surface area contributed by atoms with E-state index >= 15 is 0 Å². The van der Waals surface area contributed by atoms with Gasteiger partial charge in [0.05, 0.1) is 12.7 Å². The fourth-order valence-electron chi connectivity index (χ4n) is 5.76. The van der Waals surface area contributed by atoms with Crippen LogP contribution < -0.4 is 0 Å². The molecule has 2 aliphatic carbocycles. The van der Waals surface area contributed by atoms with E-state index in [4.69, 9.17) is 4.74 Å². The maximum atomic E-state index is 12.9. The molecule has 146 valence electrons. The Bertz CT molecular complexity index is 760. The van der Waals surface area contributed by atoms with Crippen LogP contribution in [0.25, 0.3) is 0 Å². The van der Waals surface area contributed by atoms with Crippen molar-refractivity contribution in [2.45, 2.75) is 62.6 Å². The quantitative estimate of drug-likeness (QED) is 0.667. The topological polar surface area (TPSA) is 29.5 Å². The van der Waals surface area contributed by atoms with Crippen molar-refractivity contribution in [2.24, 2.45) is 5.92 Å². The zero-order valence-corrected chi connectivity index (χ0v) is 15.2. The molecule has 1 aromatic rings. The van der Waals surface area contributed by atoms with Crippen molar-refractivity contribution in [3.05, 3.63) is 47.7 Å². The van der Waals surface area contributed by atoms with Gasteiger partial charge in [0, 0.05) is 18.0 Å². The van der Waals surface area contributed by atoms with E-state index in [1.165, 1.54) is 0 Å². The summed E-state index contributed by atoms with van der Waals surface area (Å²) in [4.78, 5) is 14.2. The minimum atomic E-state index is -4.20. The third-order valence-electron chi connectivity index (χ3n) is 6.72. The summed E-state index contributed by atoms with van der Waals surface area (Å²) in [5, 5.41) is 0. The number of hydrogen-bond donors (Lipinski definition) is 0. The number of alkyl halides is 3. The number of benzene rings is 1. The van der Waals surface area contributed by atoms with Gasteiger partial charge in [-0.05, 0) is 48.3 Å².